The van der Waals surface area contributed by atoms with Crippen molar-refractivity contribution >= 4 is 41.1 Å². The predicted octanol–water partition coefficient (Wildman–Crippen LogP) is 4.24. The summed E-state index contributed by atoms with van der Waals surface area (Å²) in [6, 6.07) is 17.5. The molecule has 0 saturated carbocycles. The van der Waals surface area contributed by atoms with Crippen LogP contribution >= 0.6 is 23.5 Å². The lowest BCUT2D eigenvalue weighted by molar-refractivity contribution is -0.145. The van der Waals surface area contributed by atoms with Crippen LogP contribution < -0.4 is 4.90 Å². The monoisotopic (exact) mass is 387 g/mol. The number of carbonyl (C=O) groups is 2. The van der Waals surface area contributed by atoms with Gasteiger partial charge in [-0.15, -0.1) is 23.5 Å². The van der Waals surface area contributed by atoms with Crippen LogP contribution in [-0.4, -0.2) is 36.0 Å². The Hall–Kier alpha value is -1.92. The topological polar surface area (TPSA) is 46.6 Å². The highest BCUT2D eigenvalue weighted by atomic mass is 32.2. The van der Waals surface area contributed by atoms with Crippen molar-refractivity contribution < 1.29 is 14.3 Å². The van der Waals surface area contributed by atoms with Crippen LogP contribution in [0.25, 0.3) is 0 Å². The molecule has 2 aromatic rings. The molecule has 1 atom stereocenters. The number of nitrogens with zero attached hydrogens (tertiary/aromatic N) is 1. The summed E-state index contributed by atoms with van der Waals surface area (Å²) in [7, 11) is 0. The SMILES string of the molecule is C[C@H]1CCN(C(=O)COC(=O)CSc2ccccc2)c2ccccc2S1. The number of esters is 1. The van der Waals surface area contributed by atoms with Crippen LogP contribution in [0.3, 0.4) is 0 Å². The molecular formula is C20H21NO3S2. The minimum Gasteiger partial charge on any atom is -0.455 e. The van der Waals surface area contributed by atoms with Crippen LogP contribution in [-0.2, 0) is 14.3 Å². The average Bonchev–Trinajstić information content (AvgIpc) is 2.83. The van der Waals surface area contributed by atoms with Crippen LogP contribution in [0.15, 0.2) is 64.4 Å². The summed E-state index contributed by atoms with van der Waals surface area (Å²) >= 11 is 3.18. The van der Waals surface area contributed by atoms with E-state index in [1.807, 2.05) is 54.6 Å². The highest BCUT2D eigenvalue weighted by Gasteiger charge is 2.24. The zero-order valence-electron chi connectivity index (χ0n) is 14.6. The molecule has 3 rings (SSSR count). The maximum absolute atomic E-state index is 12.6. The van der Waals surface area contributed by atoms with Crippen molar-refractivity contribution in [2.45, 2.75) is 28.4 Å². The number of para-hydroxylation sites is 1. The molecule has 1 amide bonds. The number of rotatable bonds is 5. The molecule has 136 valence electrons. The Morgan fingerprint density at radius 1 is 1.15 bits per heavy atom. The molecule has 0 bridgehead atoms. The molecule has 0 fully saturated rings. The van der Waals surface area contributed by atoms with Gasteiger partial charge >= 0.3 is 5.97 Å². The van der Waals surface area contributed by atoms with E-state index in [1.54, 1.807) is 16.7 Å². The first-order valence-electron chi connectivity index (χ1n) is 8.53. The van der Waals surface area contributed by atoms with Crippen molar-refractivity contribution in [3.63, 3.8) is 0 Å². The number of amides is 1. The fourth-order valence-corrected chi connectivity index (χ4v) is 4.50. The maximum Gasteiger partial charge on any atom is 0.316 e. The van der Waals surface area contributed by atoms with Gasteiger partial charge in [-0.1, -0.05) is 37.3 Å². The molecule has 0 saturated heterocycles. The lowest BCUT2D eigenvalue weighted by atomic mass is 10.2. The Balaban J connectivity index is 1.55. The number of benzene rings is 2. The van der Waals surface area contributed by atoms with E-state index >= 15 is 0 Å². The summed E-state index contributed by atoms with van der Waals surface area (Å²) < 4.78 is 5.20. The minimum absolute atomic E-state index is 0.176. The third kappa shape index (κ3) is 5.05. The molecule has 6 heteroatoms. The van der Waals surface area contributed by atoms with E-state index in [9.17, 15) is 9.59 Å². The summed E-state index contributed by atoms with van der Waals surface area (Å²) in [6.07, 6.45) is 0.906. The highest BCUT2D eigenvalue weighted by Crippen LogP contribution is 2.37. The number of fused-ring (bicyclic) bond motifs is 1. The van der Waals surface area contributed by atoms with Gasteiger partial charge in [0.2, 0.25) is 0 Å². The van der Waals surface area contributed by atoms with Gasteiger partial charge in [0.1, 0.15) is 0 Å². The second-order valence-electron chi connectivity index (χ2n) is 5.99. The average molecular weight is 388 g/mol. The summed E-state index contributed by atoms with van der Waals surface area (Å²) in [6.45, 7) is 2.58. The molecule has 0 spiro atoms. The minimum atomic E-state index is -0.377. The van der Waals surface area contributed by atoms with E-state index in [0.717, 1.165) is 21.9 Å². The second kappa shape index (κ2) is 9.14. The first kappa shape index (κ1) is 18.9. The van der Waals surface area contributed by atoms with E-state index in [0.29, 0.717) is 11.8 Å². The molecule has 2 aromatic carbocycles. The fourth-order valence-electron chi connectivity index (χ4n) is 2.67. The number of thioether (sulfide) groups is 2. The van der Waals surface area contributed by atoms with Crippen LogP contribution in [0.5, 0.6) is 0 Å². The predicted molar refractivity (Wildman–Crippen MR) is 107 cm³/mol. The van der Waals surface area contributed by atoms with Crippen molar-refractivity contribution in [1.82, 2.24) is 0 Å². The number of ether oxygens (including phenoxy) is 1. The van der Waals surface area contributed by atoms with Gasteiger partial charge in [0.25, 0.3) is 5.91 Å². The quantitative estimate of drug-likeness (QED) is 0.567. The van der Waals surface area contributed by atoms with Crippen molar-refractivity contribution in [3.05, 3.63) is 54.6 Å². The third-order valence-corrected chi connectivity index (χ3v) is 6.22. The molecule has 0 radical (unpaired) electrons. The lowest BCUT2D eigenvalue weighted by Gasteiger charge is -2.22. The van der Waals surface area contributed by atoms with Gasteiger partial charge in [-0.2, -0.15) is 0 Å². The Morgan fingerprint density at radius 3 is 2.69 bits per heavy atom. The first-order chi connectivity index (χ1) is 12.6. The van der Waals surface area contributed by atoms with Gasteiger partial charge in [-0.25, -0.2) is 0 Å². The van der Waals surface area contributed by atoms with Gasteiger partial charge < -0.3 is 9.64 Å². The maximum atomic E-state index is 12.6. The molecule has 1 aliphatic heterocycles. The molecule has 1 aliphatic rings. The fraction of sp³-hybridized carbons (Fsp3) is 0.300. The van der Waals surface area contributed by atoms with E-state index < -0.39 is 0 Å². The summed E-state index contributed by atoms with van der Waals surface area (Å²) in [5.41, 5.74) is 0.904. The number of hydrogen-bond acceptors (Lipinski definition) is 5. The normalized spacial score (nSPS) is 16.5. The first-order valence-corrected chi connectivity index (χ1v) is 10.4. The van der Waals surface area contributed by atoms with Gasteiger partial charge in [0.15, 0.2) is 6.61 Å². The molecule has 4 nitrogen and oxygen atoms in total. The van der Waals surface area contributed by atoms with Crippen molar-refractivity contribution in [2.24, 2.45) is 0 Å². The molecule has 0 aromatic heterocycles. The summed E-state index contributed by atoms with van der Waals surface area (Å²) in [5, 5.41) is 0.443. The van der Waals surface area contributed by atoms with Gasteiger partial charge in [0.05, 0.1) is 11.4 Å². The van der Waals surface area contributed by atoms with E-state index in [1.165, 1.54) is 11.8 Å². The zero-order valence-corrected chi connectivity index (χ0v) is 16.2. The summed E-state index contributed by atoms with van der Waals surface area (Å²) in [5.74, 6) is -0.357. The number of hydrogen-bond donors (Lipinski definition) is 0. The highest BCUT2D eigenvalue weighted by molar-refractivity contribution is 8.00. The lowest BCUT2D eigenvalue weighted by Crippen LogP contribution is -2.36. The van der Waals surface area contributed by atoms with Crippen LogP contribution in [0.4, 0.5) is 5.69 Å². The van der Waals surface area contributed by atoms with Crippen LogP contribution in [0.1, 0.15) is 13.3 Å². The van der Waals surface area contributed by atoms with Gasteiger partial charge in [0, 0.05) is 21.6 Å². The number of carbonyl (C=O) groups excluding carboxylic acids is 2. The number of anilines is 1. The van der Waals surface area contributed by atoms with E-state index in [2.05, 4.69) is 6.92 Å². The zero-order chi connectivity index (χ0) is 18.4. The van der Waals surface area contributed by atoms with E-state index in [-0.39, 0.29) is 24.2 Å². The standard InChI is InChI=1S/C20H21NO3S2/c1-15-11-12-21(17-9-5-6-10-18(17)26-15)19(22)13-24-20(23)14-25-16-7-3-2-4-8-16/h2-10,15H,11-14H2,1H3/t15-/m0/s1. The Bertz CT molecular complexity index is 767. The molecule has 0 unspecified atom stereocenters. The van der Waals surface area contributed by atoms with Crippen molar-refractivity contribution in [3.8, 4) is 0 Å². The van der Waals surface area contributed by atoms with Crippen LogP contribution in [0, 0.1) is 0 Å². The second-order valence-corrected chi connectivity index (χ2v) is 8.52. The van der Waals surface area contributed by atoms with Crippen molar-refractivity contribution in [2.75, 3.05) is 23.8 Å². The molecule has 1 heterocycles. The van der Waals surface area contributed by atoms with Gasteiger partial charge in [-0.3, -0.25) is 9.59 Å². The largest absolute Gasteiger partial charge is 0.455 e. The Labute approximate surface area is 162 Å². The Kier molecular flexibility index (Phi) is 6.63. The van der Waals surface area contributed by atoms with Crippen LogP contribution in [0.2, 0.25) is 0 Å². The Morgan fingerprint density at radius 2 is 1.88 bits per heavy atom. The van der Waals surface area contributed by atoms with E-state index in [4.69, 9.17) is 4.74 Å². The molecule has 0 N–H and O–H groups in total. The smallest absolute Gasteiger partial charge is 0.316 e. The molecule has 26 heavy (non-hydrogen) atoms. The molecular weight excluding hydrogens is 366 g/mol. The molecule has 0 aliphatic carbocycles. The van der Waals surface area contributed by atoms with Gasteiger partial charge in [-0.05, 0) is 30.7 Å². The van der Waals surface area contributed by atoms with Crippen molar-refractivity contribution in [1.29, 1.82) is 0 Å². The third-order valence-electron chi connectivity index (χ3n) is 4.00. The summed E-state index contributed by atoms with van der Waals surface area (Å²) in [4.78, 5) is 28.4.